The van der Waals surface area contributed by atoms with E-state index in [1.54, 1.807) is 0 Å². The van der Waals surface area contributed by atoms with Crippen LogP contribution < -0.4 is 0 Å². The van der Waals surface area contributed by atoms with Crippen molar-refractivity contribution in [1.29, 1.82) is 0 Å². The highest BCUT2D eigenvalue weighted by atomic mass is 32.2. The summed E-state index contributed by atoms with van der Waals surface area (Å²) in [5.41, 5.74) is 3.00. The minimum atomic E-state index is -0.432. The smallest absolute Gasteiger partial charge is 0.0953 e. The average molecular weight is 288 g/mol. The van der Waals surface area contributed by atoms with Gasteiger partial charge in [-0.25, -0.2) is 0 Å². The topological polar surface area (TPSA) is 36.4 Å². The Labute approximate surface area is 124 Å². The van der Waals surface area contributed by atoms with E-state index in [1.165, 1.54) is 0 Å². The Morgan fingerprint density at radius 2 is 2.20 bits per heavy atom. The number of thioether (sulfide) groups is 1. The van der Waals surface area contributed by atoms with Crippen LogP contribution in [0.1, 0.15) is 17.4 Å². The molecule has 2 heterocycles. The Kier molecular flexibility index (Phi) is 3.96. The third-order valence-electron chi connectivity index (χ3n) is 4.00. The van der Waals surface area contributed by atoms with Crippen molar-refractivity contribution in [3.8, 4) is 0 Å². The lowest BCUT2D eigenvalue weighted by Crippen LogP contribution is -2.43. The van der Waals surface area contributed by atoms with Gasteiger partial charge in [-0.05, 0) is 37.7 Å². The first-order valence-electron chi connectivity index (χ1n) is 6.98. The van der Waals surface area contributed by atoms with Crippen LogP contribution in [0.5, 0.6) is 0 Å². The Hall–Kier alpha value is -1.10. The van der Waals surface area contributed by atoms with E-state index in [2.05, 4.69) is 29.1 Å². The SMILES string of the molecule is Cc1ccc2cc(C(O)C3CSCCN3C)ccc2n1. The molecule has 0 amide bonds. The van der Waals surface area contributed by atoms with Crippen molar-refractivity contribution in [2.75, 3.05) is 25.1 Å². The number of hydrogen-bond acceptors (Lipinski definition) is 4. The zero-order valence-electron chi connectivity index (χ0n) is 11.9. The number of rotatable bonds is 2. The lowest BCUT2D eigenvalue weighted by molar-refractivity contribution is 0.0759. The van der Waals surface area contributed by atoms with Crippen molar-refractivity contribution in [1.82, 2.24) is 9.88 Å². The zero-order chi connectivity index (χ0) is 14.1. The predicted octanol–water partition coefficient (Wildman–Crippen LogP) is 2.62. The quantitative estimate of drug-likeness (QED) is 0.921. The van der Waals surface area contributed by atoms with E-state index in [-0.39, 0.29) is 6.04 Å². The van der Waals surface area contributed by atoms with Crippen LogP contribution in [0.15, 0.2) is 30.3 Å². The molecule has 0 bridgehead atoms. The van der Waals surface area contributed by atoms with E-state index in [0.29, 0.717) is 0 Å². The van der Waals surface area contributed by atoms with Crippen LogP contribution >= 0.6 is 11.8 Å². The van der Waals surface area contributed by atoms with E-state index in [1.807, 2.05) is 36.9 Å². The van der Waals surface area contributed by atoms with Crippen LogP contribution in [0.3, 0.4) is 0 Å². The van der Waals surface area contributed by atoms with Crippen LogP contribution in [0.25, 0.3) is 10.9 Å². The van der Waals surface area contributed by atoms with Crippen LogP contribution in [0.2, 0.25) is 0 Å². The molecule has 1 aromatic heterocycles. The second-order valence-electron chi connectivity index (χ2n) is 5.47. The standard InChI is InChI=1S/C16H20N2OS/c1-11-3-4-12-9-13(5-6-14(12)17-11)16(19)15-10-20-8-7-18(15)2/h3-6,9,15-16,19H,7-8,10H2,1-2H3. The summed E-state index contributed by atoms with van der Waals surface area (Å²) in [4.78, 5) is 6.77. The molecule has 1 saturated heterocycles. The van der Waals surface area contributed by atoms with Gasteiger partial charge >= 0.3 is 0 Å². The van der Waals surface area contributed by atoms with E-state index in [4.69, 9.17) is 0 Å². The normalized spacial score (nSPS) is 22.1. The van der Waals surface area contributed by atoms with Gasteiger partial charge in [-0.3, -0.25) is 9.88 Å². The molecule has 20 heavy (non-hydrogen) atoms. The number of likely N-dealkylation sites (N-methyl/N-ethyl adjacent to an activating group) is 1. The van der Waals surface area contributed by atoms with E-state index in [0.717, 1.165) is 40.2 Å². The molecule has 0 aliphatic carbocycles. The van der Waals surface area contributed by atoms with E-state index in [9.17, 15) is 5.11 Å². The number of aromatic nitrogens is 1. The first-order chi connectivity index (χ1) is 9.65. The van der Waals surface area contributed by atoms with Crippen LogP contribution in [0, 0.1) is 6.92 Å². The molecule has 0 radical (unpaired) electrons. The summed E-state index contributed by atoms with van der Waals surface area (Å²) in [6.45, 7) is 3.04. The summed E-state index contributed by atoms with van der Waals surface area (Å²) < 4.78 is 0. The highest BCUT2D eigenvalue weighted by Crippen LogP contribution is 2.28. The molecule has 1 aromatic carbocycles. The van der Waals surface area contributed by atoms with Gasteiger partial charge < -0.3 is 5.11 Å². The molecule has 2 atom stereocenters. The number of aliphatic hydroxyl groups is 1. The Bertz CT molecular complexity index is 616. The first-order valence-corrected chi connectivity index (χ1v) is 8.14. The maximum atomic E-state index is 10.7. The molecule has 3 rings (SSSR count). The van der Waals surface area contributed by atoms with Gasteiger partial charge in [0.05, 0.1) is 11.6 Å². The van der Waals surface area contributed by atoms with Gasteiger partial charge in [0, 0.05) is 35.2 Å². The fourth-order valence-electron chi connectivity index (χ4n) is 2.69. The molecular weight excluding hydrogens is 268 g/mol. The summed E-state index contributed by atoms with van der Waals surface area (Å²) in [7, 11) is 2.10. The largest absolute Gasteiger partial charge is 0.387 e. The molecule has 0 saturated carbocycles. The van der Waals surface area contributed by atoms with Crippen LogP contribution in [0.4, 0.5) is 0 Å². The van der Waals surface area contributed by atoms with Crippen molar-refractivity contribution in [3.63, 3.8) is 0 Å². The van der Waals surface area contributed by atoms with Gasteiger partial charge in [0.15, 0.2) is 0 Å². The molecule has 3 nitrogen and oxygen atoms in total. The van der Waals surface area contributed by atoms with Crippen molar-refractivity contribution in [2.45, 2.75) is 19.1 Å². The van der Waals surface area contributed by atoms with Gasteiger partial charge in [0.2, 0.25) is 0 Å². The Morgan fingerprint density at radius 1 is 1.35 bits per heavy atom. The Balaban J connectivity index is 1.91. The summed E-state index contributed by atoms with van der Waals surface area (Å²) in [5.74, 6) is 2.14. The average Bonchev–Trinajstić information content (AvgIpc) is 2.46. The molecule has 2 aromatic rings. The lowest BCUT2D eigenvalue weighted by Gasteiger charge is -2.35. The van der Waals surface area contributed by atoms with Gasteiger partial charge in [-0.2, -0.15) is 11.8 Å². The van der Waals surface area contributed by atoms with Crippen molar-refractivity contribution in [3.05, 3.63) is 41.6 Å². The number of aryl methyl sites for hydroxylation is 1. The molecule has 106 valence electrons. The minimum absolute atomic E-state index is 0.199. The van der Waals surface area contributed by atoms with E-state index < -0.39 is 6.10 Å². The maximum absolute atomic E-state index is 10.7. The van der Waals surface area contributed by atoms with E-state index >= 15 is 0 Å². The molecule has 1 aliphatic heterocycles. The number of hydrogen-bond donors (Lipinski definition) is 1. The summed E-state index contributed by atoms with van der Waals surface area (Å²) in [6.07, 6.45) is -0.432. The van der Waals surface area contributed by atoms with Gasteiger partial charge in [0.25, 0.3) is 0 Å². The first kappa shape index (κ1) is 13.9. The third kappa shape index (κ3) is 2.68. The Morgan fingerprint density at radius 3 is 3.00 bits per heavy atom. The monoisotopic (exact) mass is 288 g/mol. The van der Waals surface area contributed by atoms with Crippen LogP contribution in [-0.4, -0.2) is 46.1 Å². The molecule has 2 unspecified atom stereocenters. The number of benzene rings is 1. The molecule has 0 spiro atoms. The number of pyridine rings is 1. The fraction of sp³-hybridized carbons (Fsp3) is 0.438. The molecule has 1 N–H and O–H groups in total. The molecule has 4 heteroatoms. The molecule has 1 aliphatic rings. The van der Waals surface area contributed by atoms with Crippen molar-refractivity contribution < 1.29 is 5.11 Å². The van der Waals surface area contributed by atoms with Gasteiger partial charge in [-0.15, -0.1) is 0 Å². The fourth-order valence-corrected chi connectivity index (χ4v) is 3.95. The highest BCUT2D eigenvalue weighted by molar-refractivity contribution is 7.99. The third-order valence-corrected chi connectivity index (χ3v) is 5.05. The molecular formula is C16H20N2OS. The van der Waals surface area contributed by atoms with Crippen LogP contribution in [-0.2, 0) is 0 Å². The summed E-state index contributed by atoms with van der Waals surface area (Å²) in [5, 5.41) is 11.7. The maximum Gasteiger partial charge on any atom is 0.0953 e. The van der Waals surface area contributed by atoms with Crippen molar-refractivity contribution in [2.24, 2.45) is 0 Å². The van der Waals surface area contributed by atoms with Crippen molar-refractivity contribution >= 4 is 22.7 Å². The predicted molar refractivity (Wildman–Crippen MR) is 85.2 cm³/mol. The number of nitrogens with zero attached hydrogens (tertiary/aromatic N) is 2. The van der Waals surface area contributed by atoms with Gasteiger partial charge in [0.1, 0.15) is 0 Å². The highest BCUT2D eigenvalue weighted by Gasteiger charge is 2.27. The second kappa shape index (κ2) is 5.72. The minimum Gasteiger partial charge on any atom is -0.387 e. The molecule has 1 fully saturated rings. The summed E-state index contributed by atoms with van der Waals surface area (Å²) in [6, 6.07) is 10.4. The summed E-state index contributed by atoms with van der Waals surface area (Å²) >= 11 is 1.92. The number of fused-ring (bicyclic) bond motifs is 1. The lowest BCUT2D eigenvalue weighted by atomic mass is 10.00. The number of aliphatic hydroxyl groups excluding tert-OH is 1. The van der Waals surface area contributed by atoms with Gasteiger partial charge in [-0.1, -0.05) is 12.1 Å². The zero-order valence-corrected chi connectivity index (χ0v) is 12.7. The second-order valence-corrected chi connectivity index (χ2v) is 6.62.